The van der Waals surface area contributed by atoms with E-state index >= 15 is 0 Å². The molecule has 2 N–H and O–H groups in total. The fourth-order valence-corrected chi connectivity index (χ4v) is 0.715. The van der Waals surface area contributed by atoms with Crippen LogP contribution in [0.15, 0.2) is 24.3 Å². The van der Waals surface area contributed by atoms with Gasteiger partial charge in [-0.1, -0.05) is 12.1 Å². The van der Waals surface area contributed by atoms with E-state index in [1.807, 2.05) is 25.1 Å². The molecule has 2 heteroatoms. The minimum atomic E-state index is 0.667. The van der Waals surface area contributed by atoms with Crippen LogP contribution in [0.3, 0.4) is 0 Å². The van der Waals surface area contributed by atoms with Gasteiger partial charge >= 0.3 is 0 Å². The quantitative estimate of drug-likeness (QED) is 0.629. The van der Waals surface area contributed by atoms with E-state index in [0.717, 1.165) is 0 Å². The van der Waals surface area contributed by atoms with E-state index in [1.54, 1.807) is 12.7 Å². The van der Waals surface area contributed by atoms with Gasteiger partial charge in [0.15, 0.2) is 0 Å². The van der Waals surface area contributed by atoms with E-state index in [2.05, 4.69) is 0 Å². The Hall–Kier alpha value is -1.18. The molecule has 1 rings (SSSR count). The molecular formula is C8H10NO. The molecule has 53 valence electrons. The predicted molar refractivity (Wildman–Crippen MR) is 41.5 cm³/mol. The highest BCUT2D eigenvalue weighted by atomic mass is 16.5. The second-order valence-corrected chi connectivity index (χ2v) is 1.89. The van der Waals surface area contributed by atoms with Crippen molar-refractivity contribution < 1.29 is 4.74 Å². The number of anilines is 1. The van der Waals surface area contributed by atoms with Crippen molar-refractivity contribution in [2.24, 2.45) is 0 Å². The molecule has 1 aromatic rings. The Bertz CT molecular complexity index is 210. The lowest BCUT2D eigenvalue weighted by atomic mass is 10.3. The molecule has 10 heavy (non-hydrogen) atoms. The molecule has 0 saturated carbocycles. The molecule has 0 aliphatic rings. The van der Waals surface area contributed by atoms with E-state index in [9.17, 15) is 0 Å². The van der Waals surface area contributed by atoms with Crippen LogP contribution in [-0.2, 0) is 0 Å². The molecule has 0 spiro atoms. The normalized spacial score (nSPS) is 9.30. The van der Waals surface area contributed by atoms with Crippen LogP contribution in [0.1, 0.15) is 6.92 Å². The Labute approximate surface area is 60.6 Å². The van der Waals surface area contributed by atoms with E-state index in [4.69, 9.17) is 10.5 Å². The van der Waals surface area contributed by atoms with Crippen LogP contribution >= 0.6 is 0 Å². The number of benzene rings is 1. The maximum absolute atomic E-state index is 5.56. The molecule has 2 nitrogen and oxygen atoms in total. The summed E-state index contributed by atoms with van der Waals surface area (Å²) in [6.07, 6.45) is 0. The van der Waals surface area contributed by atoms with Crippen LogP contribution in [-0.4, -0.2) is 0 Å². The summed E-state index contributed by atoms with van der Waals surface area (Å²) in [7, 11) is 0. The summed E-state index contributed by atoms with van der Waals surface area (Å²) in [5, 5.41) is 0. The molecule has 0 aliphatic carbocycles. The lowest BCUT2D eigenvalue weighted by molar-refractivity contribution is 0.418. The molecule has 0 bridgehead atoms. The third kappa shape index (κ3) is 1.41. The number of nitrogens with two attached hydrogens (primary N) is 1. The Kier molecular flexibility index (Phi) is 2.15. The van der Waals surface area contributed by atoms with E-state index < -0.39 is 0 Å². The SMILES string of the molecule is C[CH]Oc1ccccc1N. The monoisotopic (exact) mass is 136 g/mol. The van der Waals surface area contributed by atoms with Gasteiger partial charge in [-0.2, -0.15) is 0 Å². The lowest BCUT2D eigenvalue weighted by Gasteiger charge is -2.03. The molecule has 0 unspecified atom stereocenters. The zero-order valence-electron chi connectivity index (χ0n) is 5.87. The number of nitrogen functional groups attached to an aromatic ring is 1. The van der Waals surface area contributed by atoms with E-state index in [0.29, 0.717) is 11.4 Å². The highest BCUT2D eigenvalue weighted by Gasteiger charge is 1.94. The Balaban J connectivity index is 2.81. The van der Waals surface area contributed by atoms with Gasteiger partial charge in [-0.15, -0.1) is 0 Å². The summed E-state index contributed by atoms with van der Waals surface area (Å²) < 4.78 is 5.09. The summed E-state index contributed by atoms with van der Waals surface area (Å²) in [6, 6.07) is 7.39. The summed E-state index contributed by atoms with van der Waals surface area (Å²) in [5.41, 5.74) is 6.23. The summed E-state index contributed by atoms with van der Waals surface area (Å²) in [6.45, 7) is 3.41. The number of hydrogen-bond donors (Lipinski definition) is 1. The van der Waals surface area contributed by atoms with Gasteiger partial charge in [0.25, 0.3) is 0 Å². The second kappa shape index (κ2) is 3.11. The Morgan fingerprint density at radius 3 is 2.70 bits per heavy atom. The van der Waals surface area contributed by atoms with Crippen molar-refractivity contribution in [1.29, 1.82) is 0 Å². The first-order valence-electron chi connectivity index (χ1n) is 3.13. The van der Waals surface area contributed by atoms with Crippen LogP contribution < -0.4 is 10.5 Å². The fourth-order valence-electron chi connectivity index (χ4n) is 0.715. The van der Waals surface area contributed by atoms with Crippen molar-refractivity contribution in [3.63, 3.8) is 0 Å². The summed E-state index contributed by atoms with van der Waals surface area (Å²) in [4.78, 5) is 0. The lowest BCUT2D eigenvalue weighted by Crippen LogP contribution is -1.91. The first kappa shape index (κ1) is 6.93. The minimum absolute atomic E-state index is 0.667. The van der Waals surface area contributed by atoms with Crippen LogP contribution in [0.2, 0.25) is 0 Å². The number of hydrogen-bond acceptors (Lipinski definition) is 2. The second-order valence-electron chi connectivity index (χ2n) is 1.89. The van der Waals surface area contributed by atoms with E-state index in [1.165, 1.54) is 0 Å². The predicted octanol–water partition coefficient (Wildman–Crippen LogP) is 1.83. The molecular weight excluding hydrogens is 126 g/mol. The first-order valence-corrected chi connectivity index (χ1v) is 3.13. The number of para-hydroxylation sites is 2. The van der Waals surface area contributed by atoms with Crippen LogP contribution in [0.4, 0.5) is 5.69 Å². The molecule has 0 amide bonds. The van der Waals surface area contributed by atoms with Crippen molar-refractivity contribution in [3.05, 3.63) is 30.9 Å². The maximum Gasteiger partial charge on any atom is 0.142 e. The van der Waals surface area contributed by atoms with Gasteiger partial charge in [0.2, 0.25) is 0 Å². The smallest absolute Gasteiger partial charge is 0.142 e. The van der Waals surface area contributed by atoms with Crippen molar-refractivity contribution in [3.8, 4) is 5.75 Å². The standard InChI is InChI=1S/C8H10NO/c1-2-10-8-6-4-3-5-7(8)9/h2-6H,9H2,1H3. The van der Waals surface area contributed by atoms with Crippen molar-refractivity contribution >= 4 is 5.69 Å². The highest BCUT2D eigenvalue weighted by Crippen LogP contribution is 2.19. The van der Waals surface area contributed by atoms with Gasteiger partial charge in [-0.25, -0.2) is 0 Å². The minimum Gasteiger partial charge on any atom is -0.485 e. The van der Waals surface area contributed by atoms with Crippen LogP contribution in [0.25, 0.3) is 0 Å². The molecule has 0 fully saturated rings. The van der Waals surface area contributed by atoms with Crippen LogP contribution in [0.5, 0.6) is 5.75 Å². The zero-order chi connectivity index (χ0) is 7.40. The molecule has 1 aromatic carbocycles. The van der Waals surface area contributed by atoms with Crippen molar-refractivity contribution in [2.45, 2.75) is 6.92 Å². The topological polar surface area (TPSA) is 35.2 Å². The summed E-state index contributed by atoms with van der Waals surface area (Å²) >= 11 is 0. The number of rotatable bonds is 2. The average molecular weight is 136 g/mol. The first-order chi connectivity index (χ1) is 4.84. The highest BCUT2D eigenvalue weighted by molar-refractivity contribution is 5.51. The third-order valence-corrected chi connectivity index (χ3v) is 1.16. The van der Waals surface area contributed by atoms with Gasteiger partial charge in [-0.3, -0.25) is 0 Å². The van der Waals surface area contributed by atoms with Gasteiger partial charge in [0, 0.05) is 0 Å². The average Bonchev–Trinajstić information content (AvgIpc) is 1.94. The van der Waals surface area contributed by atoms with Gasteiger partial charge in [0.05, 0.1) is 5.69 Å². The van der Waals surface area contributed by atoms with Gasteiger partial charge < -0.3 is 10.5 Å². The van der Waals surface area contributed by atoms with Crippen LogP contribution in [0, 0.1) is 6.61 Å². The van der Waals surface area contributed by atoms with Crippen molar-refractivity contribution in [2.75, 3.05) is 5.73 Å². The fraction of sp³-hybridized carbons (Fsp3) is 0.125. The van der Waals surface area contributed by atoms with Gasteiger partial charge in [0.1, 0.15) is 12.4 Å². The Morgan fingerprint density at radius 1 is 1.40 bits per heavy atom. The van der Waals surface area contributed by atoms with Crippen molar-refractivity contribution in [1.82, 2.24) is 0 Å². The largest absolute Gasteiger partial charge is 0.485 e. The molecule has 1 radical (unpaired) electrons. The zero-order valence-corrected chi connectivity index (χ0v) is 5.87. The molecule has 0 saturated heterocycles. The Morgan fingerprint density at radius 2 is 2.10 bits per heavy atom. The maximum atomic E-state index is 5.56. The van der Waals surface area contributed by atoms with E-state index in [-0.39, 0.29) is 0 Å². The third-order valence-electron chi connectivity index (χ3n) is 1.16. The molecule has 0 aromatic heterocycles. The van der Waals surface area contributed by atoms with Gasteiger partial charge in [-0.05, 0) is 19.1 Å². The molecule has 0 atom stereocenters. The summed E-state index contributed by atoms with van der Waals surface area (Å²) in [5.74, 6) is 0.713. The number of ether oxygens (including phenoxy) is 1. The molecule has 0 aliphatic heterocycles. The molecule has 0 heterocycles.